The van der Waals surface area contributed by atoms with Crippen molar-refractivity contribution in [3.05, 3.63) is 62.5 Å². The lowest BCUT2D eigenvalue weighted by Gasteiger charge is -2.33. The van der Waals surface area contributed by atoms with Crippen LogP contribution in [0.4, 0.5) is 5.69 Å². The summed E-state index contributed by atoms with van der Waals surface area (Å²) in [5, 5.41) is 8.74. The molecule has 1 saturated carbocycles. The Balaban J connectivity index is 1.80. The first-order valence-corrected chi connectivity index (χ1v) is 9.75. The zero-order valence-corrected chi connectivity index (χ0v) is 16.8. The van der Waals surface area contributed by atoms with Crippen molar-refractivity contribution < 1.29 is 0 Å². The van der Waals surface area contributed by atoms with Crippen molar-refractivity contribution in [2.75, 3.05) is 5.32 Å². The van der Waals surface area contributed by atoms with Crippen LogP contribution in [0.3, 0.4) is 0 Å². The topological polar surface area (TPSA) is 24.1 Å². The molecule has 1 aliphatic carbocycles. The highest BCUT2D eigenvalue weighted by Gasteiger charge is 2.37. The van der Waals surface area contributed by atoms with Gasteiger partial charge in [-0.05, 0) is 70.8 Å². The van der Waals surface area contributed by atoms with E-state index in [2.05, 4.69) is 32.6 Å². The summed E-state index contributed by atoms with van der Waals surface area (Å²) in [6, 6.07) is 13.7. The molecule has 0 amide bonds. The molecule has 126 valence electrons. The summed E-state index contributed by atoms with van der Waals surface area (Å²) in [6.45, 7) is 0. The SMILES string of the molecule is S=C(Nc1ccc(Br)c(Cl)c1)NC1(c2ccccc2Cl)CCCC1. The lowest BCUT2D eigenvalue weighted by molar-refractivity contribution is 0.408. The van der Waals surface area contributed by atoms with Gasteiger partial charge in [-0.15, -0.1) is 0 Å². The summed E-state index contributed by atoms with van der Waals surface area (Å²) in [4.78, 5) is 0. The molecule has 0 aromatic heterocycles. The fourth-order valence-corrected chi connectivity index (χ4v) is 4.30. The van der Waals surface area contributed by atoms with Crippen LogP contribution in [0, 0.1) is 0 Å². The number of hydrogen-bond donors (Lipinski definition) is 2. The second-order valence-electron chi connectivity index (χ2n) is 5.98. The lowest BCUT2D eigenvalue weighted by Crippen LogP contribution is -2.45. The molecule has 0 aliphatic heterocycles. The summed E-state index contributed by atoms with van der Waals surface area (Å²) in [5.41, 5.74) is 1.76. The highest BCUT2D eigenvalue weighted by atomic mass is 79.9. The molecule has 0 saturated heterocycles. The van der Waals surface area contributed by atoms with Crippen LogP contribution in [0.1, 0.15) is 31.2 Å². The van der Waals surface area contributed by atoms with Crippen LogP contribution in [-0.4, -0.2) is 5.11 Å². The molecule has 2 N–H and O–H groups in total. The Morgan fingerprint density at radius 3 is 2.42 bits per heavy atom. The second-order valence-corrected chi connectivity index (χ2v) is 8.05. The molecule has 24 heavy (non-hydrogen) atoms. The predicted octanol–water partition coefficient (Wildman–Crippen LogP) is 6.51. The molecule has 0 heterocycles. The first-order chi connectivity index (χ1) is 11.5. The van der Waals surface area contributed by atoms with Gasteiger partial charge in [0.05, 0.1) is 10.6 Å². The van der Waals surface area contributed by atoms with Crippen molar-refractivity contribution in [2.24, 2.45) is 0 Å². The molecule has 2 aromatic rings. The van der Waals surface area contributed by atoms with Gasteiger partial charge in [0.15, 0.2) is 5.11 Å². The van der Waals surface area contributed by atoms with E-state index in [1.807, 2.05) is 36.4 Å². The molecule has 0 spiro atoms. The van der Waals surface area contributed by atoms with Crippen molar-refractivity contribution in [3.63, 3.8) is 0 Å². The van der Waals surface area contributed by atoms with E-state index >= 15 is 0 Å². The van der Waals surface area contributed by atoms with Gasteiger partial charge in [-0.2, -0.15) is 0 Å². The van der Waals surface area contributed by atoms with Gasteiger partial charge in [-0.3, -0.25) is 0 Å². The number of halogens is 3. The minimum Gasteiger partial charge on any atom is -0.353 e. The summed E-state index contributed by atoms with van der Waals surface area (Å²) in [6.07, 6.45) is 4.34. The maximum absolute atomic E-state index is 6.45. The van der Waals surface area contributed by atoms with E-state index in [-0.39, 0.29) is 5.54 Å². The molecule has 6 heteroatoms. The number of hydrogen-bond acceptors (Lipinski definition) is 1. The van der Waals surface area contributed by atoms with Crippen LogP contribution < -0.4 is 10.6 Å². The molecule has 0 radical (unpaired) electrons. The van der Waals surface area contributed by atoms with Gasteiger partial charge in [-0.1, -0.05) is 54.2 Å². The van der Waals surface area contributed by atoms with Crippen molar-refractivity contribution in [2.45, 2.75) is 31.2 Å². The quantitative estimate of drug-likeness (QED) is 0.528. The third kappa shape index (κ3) is 3.88. The van der Waals surface area contributed by atoms with Gasteiger partial charge >= 0.3 is 0 Å². The van der Waals surface area contributed by atoms with E-state index in [4.69, 9.17) is 35.4 Å². The van der Waals surface area contributed by atoms with Crippen molar-refractivity contribution >= 4 is 62.1 Å². The van der Waals surface area contributed by atoms with E-state index in [1.165, 1.54) is 0 Å². The Morgan fingerprint density at radius 1 is 1.04 bits per heavy atom. The second kappa shape index (κ2) is 7.61. The molecule has 1 aliphatic rings. The van der Waals surface area contributed by atoms with Crippen LogP contribution in [0.25, 0.3) is 0 Å². The molecular weight excluding hydrogens is 427 g/mol. The highest BCUT2D eigenvalue weighted by molar-refractivity contribution is 9.10. The fraction of sp³-hybridized carbons (Fsp3) is 0.278. The van der Waals surface area contributed by atoms with Crippen LogP contribution in [-0.2, 0) is 5.54 Å². The lowest BCUT2D eigenvalue weighted by atomic mass is 9.88. The largest absolute Gasteiger partial charge is 0.353 e. The molecule has 1 fully saturated rings. The first kappa shape index (κ1) is 18.0. The van der Waals surface area contributed by atoms with E-state index in [1.54, 1.807) is 0 Å². The Hall–Kier alpha value is -0.810. The van der Waals surface area contributed by atoms with Crippen LogP contribution in [0.5, 0.6) is 0 Å². The molecule has 3 rings (SSSR count). The Labute approximate surface area is 166 Å². The van der Waals surface area contributed by atoms with Crippen LogP contribution >= 0.6 is 51.3 Å². The minimum absolute atomic E-state index is 0.207. The van der Waals surface area contributed by atoms with Gasteiger partial charge in [0.1, 0.15) is 0 Å². The molecule has 0 atom stereocenters. The zero-order valence-electron chi connectivity index (χ0n) is 12.9. The van der Waals surface area contributed by atoms with Gasteiger partial charge in [0.25, 0.3) is 0 Å². The molecule has 2 aromatic carbocycles. The molecule has 0 unspecified atom stereocenters. The summed E-state index contributed by atoms with van der Waals surface area (Å²) < 4.78 is 0.858. The molecule has 0 bridgehead atoms. The molecular formula is C18H17BrCl2N2S. The van der Waals surface area contributed by atoms with Gasteiger partial charge in [0.2, 0.25) is 0 Å². The summed E-state index contributed by atoms with van der Waals surface area (Å²) in [7, 11) is 0. The van der Waals surface area contributed by atoms with Crippen LogP contribution in [0.2, 0.25) is 10.0 Å². The Morgan fingerprint density at radius 2 is 1.75 bits per heavy atom. The predicted molar refractivity (Wildman–Crippen MR) is 110 cm³/mol. The summed E-state index contributed by atoms with van der Waals surface area (Å²) >= 11 is 21.5. The third-order valence-corrected chi connectivity index (χ3v) is 6.14. The highest BCUT2D eigenvalue weighted by Crippen LogP contribution is 2.41. The Kier molecular flexibility index (Phi) is 5.70. The Bertz CT molecular complexity index is 760. The van der Waals surface area contributed by atoms with E-state index < -0.39 is 0 Å². The van der Waals surface area contributed by atoms with Crippen molar-refractivity contribution in [1.82, 2.24) is 5.32 Å². The van der Waals surface area contributed by atoms with Gasteiger partial charge in [0, 0.05) is 15.2 Å². The average molecular weight is 444 g/mol. The zero-order chi connectivity index (χ0) is 17.2. The fourth-order valence-electron chi connectivity index (χ4n) is 3.24. The number of anilines is 1. The normalized spacial score (nSPS) is 16.0. The number of benzene rings is 2. The first-order valence-electron chi connectivity index (χ1n) is 7.79. The maximum Gasteiger partial charge on any atom is 0.171 e. The van der Waals surface area contributed by atoms with Crippen LogP contribution in [0.15, 0.2) is 46.9 Å². The van der Waals surface area contributed by atoms with Crippen molar-refractivity contribution in [1.29, 1.82) is 0 Å². The van der Waals surface area contributed by atoms with E-state index in [9.17, 15) is 0 Å². The number of nitrogens with one attached hydrogen (secondary N) is 2. The number of rotatable bonds is 3. The third-order valence-electron chi connectivity index (χ3n) is 4.38. The summed E-state index contributed by atoms with van der Waals surface area (Å²) in [5.74, 6) is 0. The maximum atomic E-state index is 6.45. The smallest absolute Gasteiger partial charge is 0.171 e. The standard InChI is InChI=1S/C18H17BrCl2N2S/c19-14-8-7-12(11-16(14)21)22-17(24)23-18(9-3-4-10-18)13-5-1-2-6-15(13)20/h1-2,5-8,11H,3-4,9-10H2,(H2,22,23,24). The molecule has 2 nitrogen and oxygen atoms in total. The monoisotopic (exact) mass is 442 g/mol. The van der Waals surface area contributed by atoms with Gasteiger partial charge < -0.3 is 10.6 Å². The van der Waals surface area contributed by atoms with E-state index in [0.717, 1.165) is 46.4 Å². The van der Waals surface area contributed by atoms with Crippen molar-refractivity contribution in [3.8, 4) is 0 Å². The van der Waals surface area contributed by atoms with Gasteiger partial charge in [-0.25, -0.2) is 0 Å². The average Bonchev–Trinajstić information content (AvgIpc) is 3.00. The minimum atomic E-state index is -0.207. The number of thiocarbonyl (C=S) groups is 1. The van der Waals surface area contributed by atoms with E-state index in [0.29, 0.717) is 10.1 Å².